The molecule has 3 aromatic carbocycles. The molecule has 0 fully saturated rings. The van der Waals surface area contributed by atoms with Gasteiger partial charge < -0.3 is 0 Å². The highest BCUT2D eigenvalue weighted by Crippen LogP contribution is 2.42. The number of aryl methyl sites for hydroxylation is 2. The minimum absolute atomic E-state index is 0.0219. The lowest BCUT2D eigenvalue weighted by molar-refractivity contribution is 0.781. The van der Waals surface area contributed by atoms with Crippen molar-refractivity contribution in [2.24, 2.45) is 0 Å². The fourth-order valence-corrected chi connectivity index (χ4v) is 7.06. The number of benzene rings is 3. The van der Waals surface area contributed by atoms with E-state index in [4.69, 9.17) is 0 Å². The van der Waals surface area contributed by atoms with Crippen molar-refractivity contribution >= 4 is 22.7 Å². The maximum atomic E-state index is 2.45. The standard InChI is InChI=1S/C27H27S2/c1-21-9-13-25(14-10-21)29(26-15-11-22(2)12-16-26)27(3)19-17-24(18-20-27)28-23-7-5-4-6-8-23/h4-19H,20H2,1-3H3/q+1. The molecular weight excluding hydrogens is 388 g/mol. The van der Waals surface area contributed by atoms with Crippen LogP contribution in [0.1, 0.15) is 24.5 Å². The van der Waals surface area contributed by atoms with Crippen LogP contribution < -0.4 is 0 Å². The van der Waals surface area contributed by atoms with Crippen LogP contribution in [-0.4, -0.2) is 4.75 Å². The van der Waals surface area contributed by atoms with E-state index in [9.17, 15) is 0 Å². The largest absolute Gasteiger partial charge is 0.161 e. The van der Waals surface area contributed by atoms with E-state index in [1.165, 1.54) is 30.7 Å². The van der Waals surface area contributed by atoms with Crippen molar-refractivity contribution in [2.45, 2.75) is 46.6 Å². The van der Waals surface area contributed by atoms with Crippen LogP contribution in [0, 0.1) is 13.8 Å². The molecule has 0 bridgehead atoms. The highest BCUT2D eigenvalue weighted by atomic mass is 32.2. The van der Waals surface area contributed by atoms with Gasteiger partial charge in [-0.2, -0.15) is 0 Å². The van der Waals surface area contributed by atoms with Gasteiger partial charge in [-0.05, 0) is 69.3 Å². The third-order valence-corrected chi connectivity index (χ3v) is 9.04. The molecule has 0 aromatic heterocycles. The molecule has 0 saturated carbocycles. The molecule has 2 heteroatoms. The molecule has 0 saturated heterocycles. The summed E-state index contributed by atoms with van der Waals surface area (Å²) in [7, 11) is -0.0219. The zero-order chi connectivity index (χ0) is 20.3. The average Bonchev–Trinajstić information content (AvgIpc) is 2.74. The van der Waals surface area contributed by atoms with E-state index in [1.54, 1.807) is 0 Å². The molecule has 1 atom stereocenters. The maximum absolute atomic E-state index is 2.45. The minimum Gasteiger partial charge on any atom is -0.0904 e. The van der Waals surface area contributed by atoms with E-state index < -0.39 is 0 Å². The van der Waals surface area contributed by atoms with Gasteiger partial charge in [-0.25, -0.2) is 0 Å². The number of hydrogen-bond donors (Lipinski definition) is 0. The van der Waals surface area contributed by atoms with E-state index in [-0.39, 0.29) is 15.6 Å². The predicted molar refractivity (Wildman–Crippen MR) is 129 cm³/mol. The van der Waals surface area contributed by atoms with Gasteiger partial charge in [0, 0.05) is 16.2 Å². The molecule has 1 unspecified atom stereocenters. The average molecular weight is 416 g/mol. The van der Waals surface area contributed by atoms with E-state index in [0.29, 0.717) is 0 Å². The summed E-state index contributed by atoms with van der Waals surface area (Å²) in [5, 5.41) is 0. The first-order valence-corrected chi connectivity index (χ1v) is 12.1. The Morgan fingerprint density at radius 1 is 0.759 bits per heavy atom. The Kier molecular flexibility index (Phi) is 6.03. The Hall–Kier alpha value is -2.16. The van der Waals surface area contributed by atoms with Crippen LogP contribution in [0.5, 0.6) is 0 Å². The second kappa shape index (κ2) is 8.69. The number of allylic oxidation sites excluding steroid dienone is 2. The summed E-state index contributed by atoms with van der Waals surface area (Å²) in [6.07, 6.45) is 8.23. The van der Waals surface area contributed by atoms with Crippen molar-refractivity contribution in [2.75, 3.05) is 0 Å². The molecule has 0 N–H and O–H groups in total. The quantitative estimate of drug-likeness (QED) is 0.384. The Morgan fingerprint density at radius 3 is 1.79 bits per heavy atom. The monoisotopic (exact) mass is 415 g/mol. The summed E-state index contributed by atoms with van der Waals surface area (Å²) in [6, 6.07) is 28.9. The van der Waals surface area contributed by atoms with Crippen molar-refractivity contribution in [3.63, 3.8) is 0 Å². The van der Waals surface area contributed by atoms with Gasteiger partial charge in [0.1, 0.15) is 0 Å². The van der Waals surface area contributed by atoms with Crippen LogP contribution in [-0.2, 0) is 10.9 Å². The second-order valence-electron chi connectivity index (χ2n) is 7.80. The second-order valence-corrected chi connectivity index (χ2v) is 11.4. The molecule has 0 spiro atoms. The first-order valence-electron chi connectivity index (χ1n) is 10.0. The third kappa shape index (κ3) is 4.71. The van der Waals surface area contributed by atoms with Gasteiger partial charge in [0.25, 0.3) is 0 Å². The lowest BCUT2D eigenvalue weighted by Gasteiger charge is -2.28. The molecule has 1 aliphatic rings. The first kappa shape index (κ1) is 20.1. The lowest BCUT2D eigenvalue weighted by Crippen LogP contribution is -2.34. The Balaban J connectivity index is 1.65. The van der Waals surface area contributed by atoms with Crippen LogP contribution >= 0.6 is 11.8 Å². The smallest absolute Gasteiger partial charge is 0.0904 e. The summed E-state index contributed by atoms with van der Waals surface area (Å²) in [4.78, 5) is 5.46. The zero-order valence-electron chi connectivity index (χ0n) is 17.3. The fourth-order valence-electron chi connectivity index (χ4n) is 3.57. The van der Waals surface area contributed by atoms with Gasteiger partial charge in [-0.15, -0.1) is 0 Å². The number of thioether (sulfide) groups is 1. The SMILES string of the molecule is Cc1ccc([S+](c2ccc(C)cc2)C2(C)C=CC(Sc3ccccc3)=CC2)cc1. The normalized spacial score (nSPS) is 18.7. The van der Waals surface area contributed by atoms with Crippen molar-refractivity contribution in [3.05, 3.63) is 113 Å². The van der Waals surface area contributed by atoms with Crippen LogP contribution in [0.3, 0.4) is 0 Å². The summed E-state index contributed by atoms with van der Waals surface area (Å²) in [5.41, 5.74) is 2.62. The van der Waals surface area contributed by atoms with Gasteiger partial charge in [0.05, 0.1) is 10.9 Å². The van der Waals surface area contributed by atoms with Gasteiger partial charge in [0.2, 0.25) is 0 Å². The van der Waals surface area contributed by atoms with E-state index >= 15 is 0 Å². The van der Waals surface area contributed by atoms with Crippen molar-refractivity contribution in [1.29, 1.82) is 0 Å². The molecule has 146 valence electrons. The Bertz CT molecular complexity index is 969. The van der Waals surface area contributed by atoms with Gasteiger partial charge in [-0.3, -0.25) is 0 Å². The molecule has 3 aromatic rings. The van der Waals surface area contributed by atoms with Gasteiger partial charge >= 0.3 is 0 Å². The lowest BCUT2D eigenvalue weighted by atomic mass is 10.0. The van der Waals surface area contributed by atoms with Crippen LogP contribution in [0.15, 0.2) is 117 Å². The highest BCUT2D eigenvalue weighted by Gasteiger charge is 2.45. The fraction of sp³-hybridized carbons (Fsp3) is 0.185. The van der Waals surface area contributed by atoms with Crippen molar-refractivity contribution in [3.8, 4) is 0 Å². The Morgan fingerprint density at radius 2 is 1.31 bits per heavy atom. The van der Waals surface area contributed by atoms with Gasteiger partial charge in [-0.1, -0.05) is 71.4 Å². The Labute approximate surface area is 182 Å². The number of hydrogen-bond acceptors (Lipinski definition) is 1. The maximum Gasteiger partial charge on any atom is 0.161 e. The van der Waals surface area contributed by atoms with Gasteiger partial charge in [0.15, 0.2) is 14.5 Å². The van der Waals surface area contributed by atoms with E-state index in [2.05, 4.69) is 118 Å². The topological polar surface area (TPSA) is 0 Å². The molecule has 1 aliphatic carbocycles. The molecule has 0 aliphatic heterocycles. The minimum atomic E-state index is -0.0219. The molecule has 4 rings (SSSR count). The summed E-state index contributed by atoms with van der Waals surface area (Å²) >= 11 is 1.85. The highest BCUT2D eigenvalue weighted by molar-refractivity contribution is 8.03. The summed E-state index contributed by atoms with van der Waals surface area (Å²) in [6.45, 7) is 6.73. The predicted octanol–water partition coefficient (Wildman–Crippen LogP) is 7.73. The summed E-state index contributed by atoms with van der Waals surface area (Å²) in [5.74, 6) is 0. The van der Waals surface area contributed by atoms with Crippen LogP contribution in [0.2, 0.25) is 0 Å². The van der Waals surface area contributed by atoms with Crippen LogP contribution in [0.25, 0.3) is 0 Å². The third-order valence-electron chi connectivity index (χ3n) is 5.27. The molecule has 0 radical (unpaired) electrons. The van der Waals surface area contributed by atoms with Crippen molar-refractivity contribution in [1.82, 2.24) is 0 Å². The van der Waals surface area contributed by atoms with E-state index in [0.717, 1.165) is 6.42 Å². The molecule has 29 heavy (non-hydrogen) atoms. The van der Waals surface area contributed by atoms with Crippen molar-refractivity contribution < 1.29 is 0 Å². The first-order chi connectivity index (χ1) is 14.0. The van der Waals surface area contributed by atoms with Crippen LogP contribution in [0.4, 0.5) is 0 Å². The molecule has 0 amide bonds. The number of rotatable bonds is 5. The van der Waals surface area contributed by atoms with E-state index in [1.807, 2.05) is 11.8 Å². The molecule has 0 nitrogen and oxygen atoms in total. The molecular formula is C27H27S2+. The molecule has 0 heterocycles. The zero-order valence-corrected chi connectivity index (χ0v) is 18.9. The summed E-state index contributed by atoms with van der Waals surface area (Å²) < 4.78 is 0.0747.